The standard InChI is InChI=1S/C18H17FN2O5/c19-10-15(22)14(9-18(25)26)20-16(23)11-21-7-6-13(8-17(21)24)12-4-2-1-3-5-12/h1-8,14H,9-11H2,(H,20,23)(H,25,26). The van der Waals surface area contributed by atoms with Gasteiger partial charge in [0.05, 0.1) is 6.42 Å². The van der Waals surface area contributed by atoms with Crippen LogP contribution in [0.15, 0.2) is 53.5 Å². The monoisotopic (exact) mass is 360 g/mol. The second-order valence-electron chi connectivity index (χ2n) is 5.57. The molecule has 1 atom stereocenters. The number of hydrogen-bond donors (Lipinski definition) is 2. The number of benzene rings is 1. The lowest BCUT2D eigenvalue weighted by molar-refractivity contribution is -0.140. The van der Waals surface area contributed by atoms with E-state index in [1.54, 1.807) is 6.07 Å². The predicted octanol–water partition coefficient (Wildman–Crippen LogP) is 1.01. The fourth-order valence-corrected chi connectivity index (χ4v) is 2.36. The van der Waals surface area contributed by atoms with Crippen molar-refractivity contribution >= 4 is 17.7 Å². The third kappa shape index (κ3) is 5.10. The molecule has 26 heavy (non-hydrogen) atoms. The van der Waals surface area contributed by atoms with Crippen molar-refractivity contribution in [2.24, 2.45) is 0 Å². The Labute approximate surface area is 148 Å². The van der Waals surface area contributed by atoms with Crippen molar-refractivity contribution in [3.8, 4) is 11.1 Å². The SMILES string of the molecule is O=C(O)CC(NC(=O)Cn1ccc(-c2ccccc2)cc1=O)C(=O)CF. The number of carboxylic acids is 1. The number of nitrogens with zero attached hydrogens (tertiary/aromatic N) is 1. The Morgan fingerprint density at radius 3 is 2.38 bits per heavy atom. The summed E-state index contributed by atoms with van der Waals surface area (Å²) in [5.41, 5.74) is 1.09. The molecule has 1 aromatic carbocycles. The van der Waals surface area contributed by atoms with E-state index in [1.165, 1.54) is 12.3 Å². The molecule has 0 radical (unpaired) electrons. The van der Waals surface area contributed by atoms with Gasteiger partial charge in [-0.1, -0.05) is 30.3 Å². The van der Waals surface area contributed by atoms with E-state index in [0.29, 0.717) is 5.56 Å². The molecule has 136 valence electrons. The lowest BCUT2D eigenvalue weighted by Gasteiger charge is -2.15. The first-order valence-corrected chi connectivity index (χ1v) is 7.76. The first-order valence-electron chi connectivity index (χ1n) is 7.76. The van der Waals surface area contributed by atoms with Crippen LogP contribution in [-0.4, -0.2) is 40.0 Å². The van der Waals surface area contributed by atoms with Crippen molar-refractivity contribution in [3.63, 3.8) is 0 Å². The normalized spacial score (nSPS) is 11.6. The summed E-state index contributed by atoms with van der Waals surface area (Å²) in [4.78, 5) is 46.3. The number of amides is 1. The predicted molar refractivity (Wildman–Crippen MR) is 91.3 cm³/mol. The van der Waals surface area contributed by atoms with Gasteiger partial charge in [0, 0.05) is 12.3 Å². The number of pyridine rings is 1. The van der Waals surface area contributed by atoms with E-state index in [1.807, 2.05) is 30.3 Å². The van der Waals surface area contributed by atoms with E-state index in [0.717, 1.165) is 10.1 Å². The maximum Gasteiger partial charge on any atom is 0.305 e. The molecule has 0 spiro atoms. The van der Waals surface area contributed by atoms with Crippen LogP contribution in [0.1, 0.15) is 6.42 Å². The summed E-state index contributed by atoms with van der Waals surface area (Å²) < 4.78 is 13.6. The van der Waals surface area contributed by atoms with E-state index in [9.17, 15) is 23.6 Å². The Kier molecular flexibility index (Phi) is 6.37. The van der Waals surface area contributed by atoms with Gasteiger partial charge in [0.1, 0.15) is 19.3 Å². The number of Topliss-reactive ketones (excluding diaryl/α,β-unsaturated/α-hetero) is 1. The summed E-state index contributed by atoms with van der Waals surface area (Å²) in [5.74, 6) is -3.14. The van der Waals surface area contributed by atoms with Gasteiger partial charge in [-0.15, -0.1) is 0 Å². The number of rotatable bonds is 8. The number of ketones is 1. The molecule has 0 bridgehead atoms. The molecule has 1 heterocycles. The van der Waals surface area contributed by atoms with Crippen molar-refractivity contribution in [1.82, 2.24) is 9.88 Å². The molecule has 2 N–H and O–H groups in total. The average Bonchev–Trinajstić information content (AvgIpc) is 2.62. The zero-order chi connectivity index (χ0) is 19.1. The van der Waals surface area contributed by atoms with Crippen LogP contribution in [-0.2, 0) is 20.9 Å². The molecular formula is C18H17FN2O5. The van der Waals surface area contributed by atoms with Crippen LogP contribution in [0.25, 0.3) is 11.1 Å². The van der Waals surface area contributed by atoms with Gasteiger partial charge >= 0.3 is 5.97 Å². The summed E-state index contributed by atoms with van der Waals surface area (Å²) in [7, 11) is 0. The number of aromatic nitrogens is 1. The maximum absolute atomic E-state index is 12.5. The minimum absolute atomic E-state index is 0.413. The highest BCUT2D eigenvalue weighted by molar-refractivity contribution is 5.92. The van der Waals surface area contributed by atoms with Crippen molar-refractivity contribution in [1.29, 1.82) is 0 Å². The van der Waals surface area contributed by atoms with Gasteiger partial charge in [-0.3, -0.25) is 19.2 Å². The van der Waals surface area contributed by atoms with E-state index < -0.39 is 48.9 Å². The maximum atomic E-state index is 12.5. The Bertz CT molecular complexity index is 863. The van der Waals surface area contributed by atoms with Gasteiger partial charge < -0.3 is 15.0 Å². The summed E-state index contributed by atoms with van der Waals surface area (Å²) >= 11 is 0. The highest BCUT2D eigenvalue weighted by Crippen LogP contribution is 2.16. The smallest absolute Gasteiger partial charge is 0.305 e. The quantitative estimate of drug-likeness (QED) is 0.731. The molecule has 0 fully saturated rings. The number of alkyl halides is 1. The van der Waals surface area contributed by atoms with Crippen LogP contribution < -0.4 is 10.9 Å². The second kappa shape index (κ2) is 8.70. The Morgan fingerprint density at radius 1 is 1.12 bits per heavy atom. The first kappa shape index (κ1) is 19.0. The summed E-state index contributed by atoms with van der Waals surface area (Å²) in [6.07, 6.45) is 0.698. The summed E-state index contributed by atoms with van der Waals surface area (Å²) in [6.45, 7) is -1.80. The number of carbonyl (C=O) groups excluding carboxylic acids is 2. The topological polar surface area (TPSA) is 105 Å². The van der Waals surface area contributed by atoms with E-state index in [-0.39, 0.29) is 0 Å². The minimum Gasteiger partial charge on any atom is -0.481 e. The summed E-state index contributed by atoms with van der Waals surface area (Å²) in [5, 5.41) is 10.9. The number of hydrogen-bond acceptors (Lipinski definition) is 4. The zero-order valence-corrected chi connectivity index (χ0v) is 13.7. The summed E-state index contributed by atoms with van der Waals surface area (Å²) in [6, 6.07) is 10.7. The first-order chi connectivity index (χ1) is 12.4. The highest BCUT2D eigenvalue weighted by Gasteiger charge is 2.23. The zero-order valence-electron chi connectivity index (χ0n) is 13.7. The van der Waals surface area contributed by atoms with Crippen molar-refractivity contribution in [2.45, 2.75) is 19.0 Å². The molecule has 2 aromatic rings. The van der Waals surface area contributed by atoms with E-state index >= 15 is 0 Å². The Morgan fingerprint density at radius 2 is 1.81 bits per heavy atom. The third-order valence-corrected chi connectivity index (χ3v) is 3.65. The van der Waals surface area contributed by atoms with Gasteiger partial charge in [0.25, 0.3) is 5.56 Å². The number of carbonyl (C=O) groups is 3. The lowest BCUT2D eigenvalue weighted by atomic mass is 10.1. The number of halogens is 1. The molecule has 0 aliphatic heterocycles. The fraction of sp³-hybridized carbons (Fsp3) is 0.222. The van der Waals surface area contributed by atoms with Crippen LogP contribution in [0.2, 0.25) is 0 Å². The number of nitrogens with one attached hydrogen (secondary N) is 1. The van der Waals surface area contributed by atoms with Crippen molar-refractivity contribution in [3.05, 3.63) is 59.0 Å². The molecule has 0 aliphatic carbocycles. The molecule has 1 unspecified atom stereocenters. The highest BCUT2D eigenvalue weighted by atomic mass is 19.1. The average molecular weight is 360 g/mol. The number of carboxylic acid groups (broad SMARTS) is 1. The molecule has 1 amide bonds. The van der Waals surface area contributed by atoms with Crippen molar-refractivity contribution in [2.75, 3.05) is 6.67 Å². The Balaban J connectivity index is 2.10. The largest absolute Gasteiger partial charge is 0.481 e. The second-order valence-corrected chi connectivity index (χ2v) is 5.57. The van der Waals surface area contributed by atoms with Crippen LogP contribution in [0, 0.1) is 0 Å². The van der Waals surface area contributed by atoms with Crippen LogP contribution in [0.3, 0.4) is 0 Å². The van der Waals surface area contributed by atoms with Crippen molar-refractivity contribution < 1.29 is 23.9 Å². The van der Waals surface area contributed by atoms with Gasteiger partial charge in [-0.25, -0.2) is 4.39 Å². The van der Waals surface area contributed by atoms with Crippen LogP contribution in [0.4, 0.5) is 4.39 Å². The Hall–Kier alpha value is -3.29. The molecule has 0 saturated heterocycles. The van der Waals surface area contributed by atoms with E-state index in [4.69, 9.17) is 5.11 Å². The minimum atomic E-state index is -1.47. The van der Waals surface area contributed by atoms with Crippen LogP contribution >= 0.6 is 0 Å². The molecule has 0 aliphatic rings. The fourth-order valence-electron chi connectivity index (χ4n) is 2.36. The molecule has 1 aromatic heterocycles. The number of aliphatic carboxylic acids is 1. The molecule has 8 heteroatoms. The molecule has 7 nitrogen and oxygen atoms in total. The van der Waals surface area contributed by atoms with Gasteiger partial charge in [-0.2, -0.15) is 0 Å². The molecular weight excluding hydrogens is 343 g/mol. The van der Waals surface area contributed by atoms with E-state index in [2.05, 4.69) is 5.32 Å². The lowest BCUT2D eigenvalue weighted by Crippen LogP contribution is -2.45. The molecule has 2 rings (SSSR count). The van der Waals surface area contributed by atoms with Gasteiger partial charge in [0.2, 0.25) is 5.91 Å². The van der Waals surface area contributed by atoms with Gasteiger partial charge in [-0.05, 0) is 17.2 Å². The van der Waals surface area contributed by atoms with Crippen LogP contribution in [0.5, 0.6) is 0 Å². The molecule has 0 saturated carbocycles. The van der Waals surface area contributed by atoms with Gasteiger partial charge in [0.15, 0.2) is 5.78 Å². The third-order valence-electron chi connectivity index (χ3n) is 3.65.